The van der Waals surface area contributed by atoms with E-state index in [-0.39, 0.29) is 11.2 Å². The van der Waals surface area contributed by atoms with Crippen molar-refractivity contribution in [2.75, 3.05) is 5.32 Å². The largest absolute Gasteiger partial charge is 0.325 e. The minimum atomic E-state index is -0.176. The first kappa shape index (κ1) is 16.5. The van der Waals surface area contributed by atoms with Gasteiger partial charge in [-0.05, 0) is 49.4 Å². The number of fused-ring (bicyclic) bond motifs is 1. The second kappa shape index (κ2) is 6.81. The number of amides is 1. The van der Waals surface area contributed by atoms with Gasteiger partial charge in [-0.15, -0.1) is 10.2 Å². The molecule has 1 unspecified atom stereocenters. The van der Waals surface area contributed by atoms with Crippen LogP contribution in [0.1, 0.15) is 30.9 Å². The zero-order valence-electron chi connectivity index (χ0n) is 14.7. The Balaban J connectivity index is 1.43. The van der Waals surface area contributed by atoms with E-state index in [1.165, 1.54) is 17.3 Å². The van der Waals surface area contributed by atoms with Gasteiger partial charge in [0.25, 0.3) is 0 Å². The van der Waals surface area contributed by atoms with Gasteiger partial charge in [-0.25, -0.2) is 0 Å². The quantitative estimate of drug-likeness (QED) is 0.750. The fraction of sp³-hybridized carbons (Fsp3) is 0.300. The van der Waals surface area contributed by atoms with Crippen molar-refractivity contribution in [3.8, 4) is 11.4 Å². The highest BCUT2D eigenvalue weighted by Crippen LogP contribution is 2.42. The van der Waals surface area contributed by atoms with Crippen LogP contribution in [-0.2, 0) is 11.2 Å². The van der Waals surface area contributed by atoms with Gasteiger partial charge in [0, 0.05) is 29.7 Å². The molecular weight excluding hydrogens is 358 g/mol. The first-order chi connectivity index (χ1) is 13.3. The third-order valence-electron chi connectivity index (χ3n) is 5.01. The van der Waals surface area contributed by atoms with Gasteiger partial charge in [0.15, 0.2) is 11.0 Å². The Bertz CT molecular complexity index is 983. The number of rotatable bonds is 4. The monoisotopic (exact) mass is 377 g/mol. The second-order valence-electron chi connectivity index (χ2n) is 6.93. The van der Waals surface area contributed by atoms with E-state index in [2.05, 4.69) is 31.1 Å². The Labute approximate surface area is 161 Å². The first-order valence-electron chi connectivity index (χ1n) is 9.20. The molecule has 2 aromatic heterocycles. The van der Waals surface area contributed by atoms with Gasteiger partial charge in [-0.2, -0.15) is 0 Å². The van der Waals surface area contributed by atoms with Gasteiger partial charge < -0.3 is 5.32 Å². The van der Waals surface area contributed by atoms with Gasteiger partial charge in [0.05, 0.1) is 5.25 Å². The van der Waals surface area contributed by atoms with Crippen LogP contribution in [0.4, 0.5) is 5.69 Å². The summed E-state index contributed by atoms with van der Waals surface area (Å²) in [4.78, 5) is 16.8. The molecule has 0 spiro atoms. The van der Waals surface area contributed by atoms with E-state index in [4.69, 9.17) is 0 Å². The highest BCUT2D eigenvalue weighted by atomic mass is 32.2. The second-order valence-corrected chi connectivity index (χ2v) is 8.10. The van der Waals surface area contributed by atoms with Crippen molar-refractivity contribution in [1.29, 1.82) is 0 Å². The maximum absolute atomic E-state index is 12.8. The third kappa shape index (κ3) is 3.23. The molecule has 3 heterocycles. The number of anilines is 1. The number of thioether (sulfide) groups is 1. The van der Waals surface area contributed by atoms with Crippen LogP contribution in [0.25, 0.3) is 11.4 Å². The summed E-state index contributed by atoms with van der Waals surface area (Å²) in [6, 6.07) is 12.3. The molecule has 27 heavy (non-hydrogen) atoms. The molecule has 1 aromatic carbocycles. The van der Waals surface area contributed by atoms with Gasteiger partial charge in [-0.3, -0.25) is 14.3 Å². The van der Waals surface area contributed by atoms with Crippen LogP contribution in [0.5, 0.6) is 0 Å². The van der Waals surface area contributed by atoms with Crippen molar-refractivity contribution >= 4 is 23.4 Å². The number of carbonyl (C=O) groups is 1. The predicted octanol–water partition coefficient (Wildman–Crippen LogP) is 3.72. The molecule has 3 aromatic rings. The number of carbonyl (C=O) groups excluding carboxylic acids is 1. The van der Waals surface area contributed by atoms with Crippen LogP contribution < -0.4 is 5.32 Å². The maximum Gasteiger partial charge on any atom is 0.237 e. The molecule has 7 heteroatoms. The third-order valence-corrected chi connectivity index (χ3v) is 6.23. The summed E-state index contributed by atoms with van der Waals surface area (Å²) in [5.74, 6) is 0.903. The average Bonchev–Trinajstić information content (AvgIpc) is 3.48. The molecule has 2 aliphatic rings. The van der Waals surface area contributed by atoms with Crippen molar-refractivity contribution in [2.45, 2.75) is 42.1 Å². The molecule has 1 amide bonds. The minimum Gasteiger partial charge on any atom is -0.325 e. The molecule has 136 valence electrons. The normalized spacial score (nSPS) is 19.3. The summed E-state index contributed by atoms with van der Waals surface area (Å²) in [6.45, 7) is 0. The fourth-order valence-electron chi connectivity index (χ4n) is 3.45. The Morgan fingerprint density at radius 1 is 1.04 bits per heavy atom. The molecule has 1 fully saturated rings. The number of nitrogens with one attached hydrogen (secondary N) is 1. The summed E-state index contributed by atoms with van der Waals surface area (Å²) in [6.07, 6.45) is 7.46. The molecular formula is C20H19N5OS. The molecule has 1 aliphatic carbocycles. The van der Waals surface area contributed by atoms with Gasteiger partial charge in [-0.1, -0.05) is 30.0 Å². The van der Waals surface area contributed by atoms with Crippen molar-refractivity contribution in [3.05, 3.63) is 54.4 Å². The smallest absolute Gasteiger partial charge is 0.237 e. The predicted molar refractivity (Wildman–Crippen MR) is 105 cm³/mol. The van der Waals surface area contributed by atoms with E-state index in [1.54, 1.807) is 12.4 Å². The Hall–Kier alpha value is -2.67. The number of nitrogens with zero attached hydrogens (tertiary/aromatic N) is 4. The van der Waals surface area contributed by atoms with E-state index < -0.39 is 0 Å². The number of hydrogen-bond acceptors (Lipinski definition) is 5. The topological polar surface area (TPSA) is 72.7 Å². The van der Waals surface area contributed by atoms with Crippen LogP contribution in [0.3, 0.4) is 0 Å². The Kier molecular flexibility index (Phi) is 4.16. The summed E-state index contributed by atoms with van der Waals surface area (Å²) < 4.78 is 2.20. The van der Waals surface area contributed by atoms with Crippen LogP contribution in [0.15, 0.2) is 53.9 Å². The number of benzene rings is 1. The molecule has 0 bridgehead atoms. The van der Waals surface area contributed by atoms with Gasteiger partial charge in [0.2, 0.25) is 5.91 Å². The Morgan fingerprint density at radius 3 is 2.67 bits per heavy atom. The van der Waals surface area contributed by atoms with Crippen LogP contribution >= 0.6 is 11.8 Å². The lowest BCUT2D eigenvalue weighted by Crippen LogP contribution is -2.24. The number of aromatic nitrogens is 4. The summed E-state index contributed by atoms with van der Waals surface area (Å²) >= 11 is 1.53. The van der Waals surface area contributed by atoms with Crippen LogP contribution in [0, 0.1) is 0 Å². The van der Waals surface area contributed by atoms with E-state index in [0.717, 1.165) is 47.9 Å². The molecule has 0 saturated heterocycles. The fourth-order valence-corrected chi connectivity index (χ4v) is 4.54. The van der Waals surface area contributed by atoms with Crippen molar-refractivity contribution in [2.24, 2.45) is 0 Å². The molecule has 1 N–H and O–H groups in total. The van der Waals surface area contributed by atoms with Gasteiger partial charge >= 0.3 is 0 Å². The SMILES string of the molecule is O=C1Nc2ccccc2CCC1Sc1nnc(-c2ccncc2)n1C1CC1. The maximum atomic E-state index is 12.8. The zero-order chi connectivity index (χ0) is 18.2. The molecule has 5 rings (SSSR count). The lowest BCUT2D eigenvalue weighted by molar-refractivity contribution is -0.115. The van der Waals surface area contributed by atoms with Crippen LogP contribution in [-0.4, -0.2) is 30.9 Å². The summed E-state index contributed by atoms with van der Waals surface area (Å²) in [5, 5.41) is 12.6. The van der Waals surface area contributed by atoms with Crippen LogP contribution in [0.2, 0.25) is 0 Å². The van der Waals surface area contributed by atoms with E-state index in [9.17, 15) is 4.79 Å². The van der Waals surface area contributed by atoms with E-state index in [1.807, 2.05) is 30.3 Å². The number of aryl methyl sites for hydroxylation is 1. The minimum absolute atomic E-state index is 0.0424. The summed E-state index contributed by atoms with van der Waals surface area (Å²) in [7, 11) is 0. The van der Waals surface area contributed by atoms with Crippen molar-refractivity contribution in [1.82, 2.24) is 19.7 Å². The van der Waals surface area contributed by atoms with Gasteiger partial charge in [0.1, 0.15) is 0 Å². The summed E-state index contributed by atoms with van der Waals surface area (Å²) in [5.41, 5.74) is 3.12. The average molecular weight is 377 g/mol. The molecule has 0 radical (unpaired) electrons. The molecule has 1 aliphatic heterocycles. The van der Waals surface area contributed by atoms with Crippen molar-refractivity contribution < 1.29 is 4.79 Å². The number of pyridine rings is 1. The lowest BCUT2D eigenvalue weighted by atomic mass is 10.1. The highest BCUT2D eigenvalue weighted by molar-refractivity contribution is 8.00. The first-order valence-corrected chi connectivity index (χ1v) is 10.1. The van der Waals surface area contributed by atoms with E-state index >= 15 is 0 Å². The van der Waals surface area contributed by atoms with Crippen molar-refractivity contribution in [3.63, 3.8) is 0 Å². The zero-order valence-corrected chi connectivity index (χ0v) is 15.5. The Morgan fingerprint density at radius 2 is 1.85 bits per heavy atom. The highest BCUT2D eigenvalue weighted by Gasteiger charge is 2.33. The molecule has 6 nitrogen and oxygen atoms in total. The lowest BCUT2D eigenvalue weighted by Gasteiger charge is -2.14. The standard InChI is InChI=1S/C20H19N5OS/c26-19-17(8-5-13-3-1-2-4-16(13)22-19)27-20-24-23-18(25(20)15-6-7-15)14-9-11-21-12-10-14/h1-4,9-12,15,17H,5-8H2,(H,22,26). The molecule has 1 atom stereocenters. The molecule has 1 saturated carbocycles. The number of hydrogen-bond donors (Lipinski definition) is 1. The number of para-hydroxylation sites is 1. The van der Waals surface area contributed by atoms with E-state index in [0.29, 0.717) is 6.04 Å².